The number of benzene rings is 1. The average Bonchev–Trinajstić information content (AvgIpc) is 2.19. The van der Waals surface area contributed by atoms with Crippen LogP contribution in [-0.2, 0) is 22.4 Å². The molecule has 14 heavy (non-hydrogen) atoms. The van der Waals surface area contributed by atoms with Crippen molar-refractivity contribution in [2.24, 2.45) is 0 Å². The van der Waals surface area contributed by atoms with Gasteiger partial charge in [-0.25, -0.2) is 0 Å². The van der Waals surface area contributed by atoms with Crippen LogP contribution >= 0.6 is 22.6 Å². The molecular weight excluding hydrogens is 472 g/mol. The molecular formula is C11H14AuIO. The Morgan fingerprint density at radius 2 is 2.07 bits per heavy atom. The van der Waals surface area contributed by atoms with Gasteiger partial charge < -0.3 is 4.79 Å². The van der Waals surface area contributed by atoms with Gasteiger partial charge in [-0.15, -0.1) is 35.9 Å². The van der Waals surface area contributed by atoms with Crippen molar-refractivity contribution < 1.29 is 27.2 Å². The molecule has 1 aromatic carbocycles. The summed E-state index contributed by atoms with van der Waals surface area (Å²) in [6.45, 7) is 3.71. The molecule has 0 spiro atoms. The summed E-state index contributed by atoms with van der Waals surface area (Å²) in [5, 5.41) is 0. The van der Waals surface area contributed by atoms with Gasteiger partial charge in [-0.2, -0.15) is 0 Å². The van der Waals surface area contributed by atoms with Gasteiger partial charge in [-0.1, -0.05) is 29.5 Å². The smallest absolute Gasteiger partial charge is 0.352 e. The van der Waals surface area contributed by atoms with Crippen LogP contribution in [0, 0.1) is 6.07 Å². The van der Waals surface area contributed by atoms with Gasteiger partial charge in [0, 0.05) is 0 Å². The molecule has 0 aliphatic heterocycles. The van der Waals surface area contributed by atoms with E-state index in [1.54, 1.807) is 12.1 Å². The van der Waals surface area contributed by atoms with Crippen LogP contribution in [0.3, 0.4) is 0 Å². The van der Waals surface area contributed by atoms with Crippen LogP contribution in [0.4, 0.5) is 0 Å². The minimum absolute atomic E-state index is 0. The second kappa shape index (κ2) is 11.4. The van der Waals surface area contributed by atoms with Crippen molar-refractivity contribution in [2.45, 2.75) is 20.3 Å². The zero-order chi connectivity index (χ0) is 10.1. The van der Waals surface area contributed by atoms with Gasteiger partial charge in [0.2, 0.25) is 0 Å². The summed E-state index contributed by atoms with van der Waals surface area (Å²) in [5.41, 5.74) is 0.650. The van der Waals surface area contributed by atoms with Crippen molar-refractivity contribution in [1.29, 1.82) is 0 Å². The minimum Gasteiger partial charge on any atom is -0.352 e. The van der Waals surface area contributed by atoms with E-state index in [9.17, 15) is 4.79 Å². The van der Waals surface area contributed by atoms with Crippen LogP contribution in [-0.4, -0.2) is 10.2 Å². The summed E-state index contributed by atoms with van der Waals surface area (Å²) >= 11 is 2.35. The number of halogens is 1. The number of carbonyl (C=O) groups is 1. The van der Waals surface area contributed by atoms with Gasteiger partial charge in [0.15, 0.2) is 0 Å². The number of hydrogen-bond acceptors (Lipinski definition) is 1. The maximum atomic E-state index is 10.6. The van der Waals surface area contributed by atoms with Crippen LogP contribution in [0.25, 0.3) is 0 Å². The topological polar surface area (TPSA) is 17.1 Å². The fourth-order valence-electron chi connectivity index (χ4n) is 0.612. The van der Waals surface area contributed by atoms with Gasteiger partial charge in [-0.3, -0.25) is 0 Å². The van der Waals surface area contributed by atoms with Crippen molar-refractivity contribution in [3.63, 3.8) is 0 Å². The largest absolute Gasteiger partial charge is 1.00 e. The molecule has 0 saturated carbocycles. The van der Waals surface area contributed by atoms with Crippen molar-refractivity contribution in [3.05, 3.63) is 35.9 Å². The third-order valence-electron chi connectivity index (χ3n) is 1.28. The second-order valence-corrected chi connectivity index (χ2v) is 3.60. The quantitative estimate of drug-likeness (QED) is 0.206. The normalized spacial score (nSPS) is 7.93. The fourth-order valence-corrected chi connectivity index (χ4v) is 0.612. The van der Waals surface area contributed by atoms with Gasteiger partial charge in [0.05, 0.1) is 5.78 Å². The van der Waals surface area contributed by atoms with E-state index in [0.717, 1.165) is 0 Å². The number of alkyl halides is 1. The third kappa shape index (κ3) is 8.94. The average molecular weight is 486 g/mol. The third-order valence-corrected chi connectivity index (χ3v) is 2.36. The summed E-state index contributed by atoms with van der Waals surface area (Å²) in [4.78, 5) is 10.6. The van der Waals surface area contributed by atoms with Crippen molar-refractivity contribution in [3.8, 4) is 0 Å². The molecule has 1 rings (SSSR count). The number of carbonyl (C=O) groups excluding carboxylic acids is 1. The summed E-state index contributed by atoms with van der Waals surface area (Å²) in [6.07, 6.45) is 1.31. The molecule has 0 aromatic heterocycles. The predicted molar refractivity (Wildman–Crippen MR) is 64.5 cm³/mol. The molecule has 0 fully saturated rings. The Hall–Kier alpha value is 0.360. The molecule has 0 N–H and O–H groups in total. The van der Waals surface area contributed by atoms with E-state index in [0.29, 0.717) is 5.56 Å². The molecule has 0 saturated heterocycles. The number of ketones is 1. The summed E-state index contributed by atoms with van der Waals surface area (Å²) < 4.78 is 1.29. The van der Waals surface area contributed by atoms with Crippen LogP contribution in [0.1, 0.15) is 30.6 Å². The Morgan fingerprint density at radius 3 is 2.29 bits per heavy atom. The Balaban J connectivity index is 0. The molecule has 0 amide bonds. The van der Waals surface area contributed by atoms with Crippen LogP contribution in [0.5, 0.6) is 0 Å². The molecule has 1 nitrogen and oxygen atoms in total. The van der Waals surface area contributed by atoms with Crippen molar-refractivity contribution >= 4 is 28.4 Å². The first-order valence-corrected chi connectivity index (χ1v) is 5.78. The van der Waals surface area contributed by atoms with E-state index in [2.05, 4.69) is 35.6 Å². The number of hydrogen-bond donors (Lipinski definition) is 0. The Morgan fingerprint density at radius 1 is 1.50 bits per heavy atom. The van der Waals surface area contributed by atoms with Crippen LogP contribution in [0.15, 0.2) is 24.3 Å². The molecule has 0 aliphatic carbocycles. The van der Waals surface area contributed by atoms with Gasteiger partial charge in [0.1, 0.15) is 0 Å². The summed E-state index contributed by atoms with van der Waals surface area (Å²) in [7, 11) is 0. The van der Waals surface area contributed by atoms with Gasteiger partial charge >= 0.3 is 22.4 Å². The van der Waals surface area contributed by atoms with Crippen molar-refractivity contribution in [2.75, 3.05) is 4.43 Å². The fraction of sp³-hybridized carbons (Fsp3) is 0.364. The molecule has 82 valence electrons. The molecule has 0 bridgehead atoms. The van der Waals surface area contributed by atoms with E-state index < -0.39 is 0 Å². The Bertz CT molecular complexity index is 234. The first-order valence-electron chi connectivity index (χ1n) is 4.26. The number of rotatable bonds is 2. The minimum atomic E-state index is 0. The summed E-state index contributed by atoms with van der Waals surface area (Å²) in [6, 6.07) is 9.97. The first kappa shape index (κ1) is 16.8. The van der Waals surface area contributed by atoms with E-state index in [-0.39, 0.29) is 28.2 Å². The zero-order valence-electron chi connectivity index (χ0n) is 8.31. The molecule has 0 aliphatic rings. The van der Waals surface area contributed by atoms with Gasteiger partial charge in [0.25, 0.3) is 0 Å². The second-order valence-electron chi connectivity index (χ2n) is 2.52. The van der Waals surface area contributed by atoms with E-state index in [1.165, 1.54) is 17.8 Å². The van der Waals surface area contributed by atoms with E-state index >= 15 is 0 Å². The monoisotopic (exact) mass is 486 g/mol. The SMILES string of the molecule is CC(=O)c1[c-]cccc1.CCCI.[Au+]. The van der Waals surface area contributed by atoms with E-state index in [4.69, 9.17) is 0 Å². The van der Waals surface area contributed by atoms with Crippen LogP contribution < -0.4 is 0 Å². The maximum Gasteiger partial charge on any atom is 1.00 e. The molecule has 0 radical (unpaired) electrons. The molecule has 1 aromatic rings. The Labute approximate surface area is 115 Å². The number of Topliss-reactive ketones (excluding diaryl/α,β-unsaturated/α-hetero) is 1. The maximum absolute atomic E-state index is 10.6. The van der Waals surface area contributed by atoms with Crippen molar-refractivity contribution in [1.82, 2.24) is 0 Å². The Kier molecular flexibility index (Phi) is 13.7. The van der Waals surface area contributed by atoms with E-state index in [1.807, 2.05) is 12.1 Å². The van der Waals surface area contributed by atoms with Gasteiger partial charge in [-0.05, 0) is 17.8 Å². The molecule has 0 unspecified atom stereocenters. The predicted octanol–water partition coefficient (Wildman–Crippen LogP) is 3.52. The molecule has 3 heteroatoms. The first-order chi connectivity index (χ1) is 6.22. The summed E-state index contributed by atoms with van der Waals surface area (Å²) in [5.74, 6) is 0.0654. The molecule has 0 heterocycles. The van der Waals surface area contributed by atoms with Crippen LogP contribution in [0.2, 0.25) is 0 Å². The zero-order valence-corrected chi connectivity index (χ0v) is 12.6. The molecule has 0 atom stereocenters. The standard InChI is InChI=1S/C8H7O.C3H7I.Au/c1-7(9)8-5-3-2-4-6-8;1-2-3-4;/h2-5H,1H3;2-3H2,1H3;/q-1;;+1.